The number of ether oxygens (including phenoxy) is 1. The Balaban J connectivity index is 0.000000396. The van der Waals surface area contributed by atoms with Gasteiger partial charge in [-0.15, -0.1) is 13.2 Å². The molecular formula is C14H17BF3NO. The molecule has 1 aromatic carbocycles. The average molecular weight is 283 g/mol. The lowest BCUT2D eigenvalue weighted by Gasteiger charge is -2.08. The predicted molar refractivity (Wildman–Crippen MR) is 76.4 cm³/mol. The second-order valence-corrected chi connectivity index (χ2v) is 3.86. The molecule has 0 saturated heterocycles. The van der Waals surface area contributed by atoms with Gasteiger partial charge in [-0.25, -0.2) is 0 Å². The highest BCUT2D eigenvalue weighted by molar-refractivity contribution is 6.32. The van der Waals surface area contributed by atoms with Gasteiger partial charge in [0.1, 0.15) is 13.6 Å². The highest BCUT2D eigenvalue weighted by atomic mass is 19.4. The van der Waals surface area contributed by atoms with Gasteiger partial charge >= 0.3 is 6.36 Å². The molecule has 0 fully saturated rings. The van der Waals surface area contributed by atoms with Crippen molar-refractivity contribution in [1.29, 1.82) is 0 Å². The second-order valence-electron chi connectivity index (χ2n) is 3.86. The fourth-order valence-corrected chi connectivity index (χ4v) is 1.18. The van der Waals surface area contributed by atoms with Gasteiger partial charge in [0, 0.05) is 13.3 Å². The van der Waals surface area contributed by atoms with Crippen LogP contribution in [-0.4, -0.2) is 27.5 Å². The molecule has 2 nitrogen and oxygen atoms in total. The van der Waals surface area contributed by atoms with Crippen LogP contribution >= 0.6 is 0 Å². The smallest absolute Gasteiger partial charge is 0.406 e. The van der Waals surface area contributed by atoms with Gasteiger partial charge in [0.15, 0.2) is 0 Å². The van der Waals surface area contributed by atoms with E-state index in [0.717, 1.165) is 17.5 Å². The van der Waals surface area contributed by atoms with Crippen molar-refractivity contribution < 1.29 is 17.9 Å². The van der Waals surface area contributed by atoms with Crippen LogP contribution in [0.1, 0.15) is 18.9 Å². The van der Waals surface area contributed by atoms with Gasteiger partial charge in [-0.3, -0.25) is 4.99 Å². The second kappa shape index (κ2) is 9.23. The van der Waals surface area contributed by atoms with Gasteiger partial charge in [-0.2, -0.15) is 0 Å². The zero-order valence-electron chi connectivity index (χ0n) is 11.7. The average Bonchev–Trinajstić information content (AvgIpc) is 2.32. The number of alkyl halides is 3. The fourth-order valence-electron chi connectivity index (χ4n) is 1.18. The fraction of sp³-hybridized carbons (Fsp3) is 0.357. The van der Waals surface area contributed by atoms with Crippen molar-refractivity contribution in [3.05, 3.63) is 41.4 Å². The lowest BCUT2D eigenvalue weighted by atomic mass is 9.96. The van der Waals surface area contributed by atoms with E-state index in [1.54, 1.807) is 32.3 Å². The molecule has 0 aliphatic carbocycles. The number of aliphatic imine (C=N–C) groups is 1. The molecule has 1 rings (SSSR count). The molecule has 1 aromatic rings. The van der Waals surface area contributed by atoms with Crippen molar-refractivity contribution in [2.45, 2.75) is 26.6 Å². The number of aryl methyl sites for hydroxylation is 1. The quantitative estimate of drug-likeness (QED) is 0.606. The highest BCUT2D eigenvalue weighted by Crippen LogP contribution is 2.22. The highest BCUT2D eigenvalue weighted by Gasteiger charge is 2.30. The Kier molecular flexibility index (Phi) is 8.44. The van der Waals surface area contributed by atoms with E-state index in [-0.39, 0.29) is 5.75 Å². The van der Waals surface area contributed by atoms with Crippen LogP contribution in [0.4, 0.5) is 13.2 Å². The maximum Gasteiger partial charge on any atom is 0.573 e. The first-order valence-corrected chi connectivity index (χ1v) is 5.98. The van der Waals surface area contributed by atoms with Crippen molar-refractivity contribution >= 4 is 14.1 Å². The molecule has 108 valence electrons. The Hall–Kier alpha value is -1.72. The minimum absolute atomic E-state index is 0.187. The Morgan fingerprint density at radius 2 is 1.85 bits per heavy atom. The monoisotopic (exact) mass is 283 g/mol. The number of allylic oxidation sites excluding steroid dienone is 2. The van der Waals surface area contributed by atoms with Crippen molar-refractivity contribution in [2.24, 2.45) is 4.99 Å². The van der Waals surface area contributed by atoms with Crippen LogP contribution in [0.15, 0.2) is 40.8 Å². The van der Waals surface area contributed by atoms with E-state index in [0.29, 0.717) is 0 Å². The van der Waals surface area contributed by atoms with Crippen LogP contribution in [-0.2, 0) is 0 Å². The van der Waals surface area contributed by atoms with E-state index in [2.05, 4.69) is 9.73 Å². The van der Waals surface area contributed by atoms with Gasteiger partial charge < -0.3 is 4.74 Å². The molecule has 6 heteroatoms. The summed E-state index contributed by atoms with van der Waals surface area (Å²) in [4.78, 5) is 3.74. The first kappa shape index (κ1) is 18.3. The molecule has 0 saturated carbocycles. The van der Waals surface area contributed by atoms with E-state index in [1.165, 1.54) is 12.1 Å². The first-order valence-electron chi connectivity index (χ1n) is 5.98. The number of hydrogen-bond acceptors (Lipinski definition) is 2. The van der Waals surface area contributed by atoms with Crippen LogP contribution in [0, 0.1) is 6.92 Å². The van der Waals surface area contributed by atoms with E-state index in [4.69, 9.17) is 7.85 Å². The van der Waals surface area contributed by atoms with Crippen molar-refractivity contribution in [3.63, 3.8) is 0 Å². The zero-order chi connectivity index (χ0) is 15.6. The molecule has 2 radical (unpaired) electrons. The molecule has 0 heterocycles. The summed E-state index contributed by atoms with van der Waals surface area (Å²) in [5, 5.41) is 0. The van der Waals surface area contributed by atoms with Crippen LogP contribution in [0.25, 0.3) is 0 Å². The molecule has 0 unspecified atom stereocenters. The minimum Gasteiger partial charge on any atom is -0.406 e. The van der Waals surface area contributed by atoms with E-state index >= 15 is 0 Å². The standard InChI is InChI=1S/C8H7F3O.C6H10BN/c1-6-2-4-7(5-3-6)12-8(9,10)11;1-3-4-6(7)5-8-2/h2-5H,1H3;4-5H,3H2,1-2H3/b;6-4+,8-5?. The normalized spacial score (nSPS) is 12.0. The Morgan fingerprint density at radius 1 is 1.30 bits per heavy atom. The van der Waals surface area contributed by atoms with Gasteiger partial charge in [-0.1, -0.05) is 36.2 Å². The first-order chi connectivity index (χ1) is 9.28. The van der Waals surface area contributed by atoms with Crippen LogP contribution in [0.5, 0.6) is 5.75 Å². The summed E-state index contributed by atoms with van der Waals surface area (Å²) in [6.07, 6.45) is -0.0659. The molecule has 0 bridgehead atoms. The summed E-state index contributed by atoms with van der Waals surface area (Å²) < 4.78 is 38.5. The van der Waals surface area contributed by atoms with Crippen molar-refractivity contribution in [2.75, 3.05) is 7.05 Å². The SMILES string of the molecule is Cc1ccc(OC(F)(F)F)cc1.[B]/C(C=NC)=C/CC. The van der Waals surface area contributed by atoms with Crippen LogP contribution in [0.3, 0.4) is 0 Å². The summed E-state index contributed by atoms with van der Waals surface area (Å²) >= 11 is 0. The third-order valence-corrected chi connectivity index (χ3v) is 1.97. The Morgan fingerprint density at radius 3 is 2.25 bits per heavy atom. The summed E-state index contributed by atoms with van der Waals surface area (Å²) in [5.41, 5.74) is 1.64. The third kappa shape index (κ3) is 10.2. The molecular weight excluding hydrogens is 266 g/mol. The molecule has 0 spiro atoms. The van der Waals surface area contributed by atoms with Crippen LogP contribution < -0.4 is 4.74 Å². The number of benzene rings is 1. The van der Waals surface area contributed by atoms with E-state index in [1.807, 2.05) is 13.0 Å². The number of hydrogen-bond donors (Lipinski definition) is 0. The number of nitrogens with zero attached hydrogens (tertiary/aromatic N) is 1. The molecule has 0 N–H and O–H groups in total. The predicted octanol–water partition coefficient (Wildman–Crippen LogP) is 4.04. The lowest BCUT2D eigenvalue weighted by molar-refractivity contribution is -0.274. The third-order valence-electron chi connectivity index (χ3n) is 1.97. The Labute approximate surface area is 118 Å². The molecule has 0 aliphatic heterocycles. The summed E-state index contributed by atoms with van der Waals surface area (Å²) in [6.45, 7) is 3.83. The maximum atomic E-state index is 11.6. The molecule has 0 amide bonds. The van der Waals surface area contributed by atoms with Gasteiger partial charge in [0.05, 0.1) is 0 Å². The number of rotatable bonds is 3. The molecule has 0 atom stereocenters. The van der Waals surface area contributed by atoms with Gasteiger partial charge in [0.2, 0.25) is 0 Å². The largest absolute Gasteiger partial charge is 0.573 e. The topological polar surface area (TPSA) is 21.6 Å². The summed E-state index contributed by atoms with van der Waals surface area (Å²) in [5.74, 6) is -0.187. The van der Waals surface area contributed by atoms with Crippen molar-refractivity contribution in [3.8, 4) is 5.75 Å². The summed E-state index contributed by atoms with van der Waals surface area (Å²) in [6, 6.07) is 5.67. The summed E-state index contributed by atoms with van der Waals surface area (Å²) in [7, 11) is 7.11. The Bertz CT molecular complexity index is 439. The molecule has 0 aliphatic rings. The molecule has 20 heavy (non-hydrogen) atoms. The van der Waals surface area contributed by atoms with E-state index < -0.39 is 6.36 Å². The van der Waals surface area contributed by atoms with E-state index in [9.17, 15) is 13.2 Å². The maximum absolute atomic E-state index is 11.6. The minimum atomic E-state index is -4.60. The van der Waals surface area contributed by atoms with Crippen LogP contribution in [0.2, 0.25) is 0 Å². The lowest BCUT2D eigenvalue weighted by Crippen LogP contribution is -2.16. The van der Waals surface area contributed by atoms with Crippen molar-refractivity contribution in [1.82, 2.24) is 0 Å². The van der Waals surface area contributed by atoms with Gasteiger partial charge in [0.25, 0.3) is 0 Å². The molecule has 0 aromatic heterocycles. The van der Waals surface area contributed by atoms with Gasteiger partial charge in [-0.05, 0) is 25.5 Å². The number of halogens is 3. The zero-order valence-corrected chi connectivity index (χ0v) is 11.7.